The molecule has 1 fully saturated rings. The topological polar surface area (TPSA) is 23.5 Å². The Hall–Kier alpha value is -1.80. The minimum absolute atomic E-state index is 0.429. The van der Waals surface area contributed by atoms with Gasteiger partial charge in [-0.2, -0.15) is 0 Å². The average molecular weight is 295 g/mol. The van der Waals surface area contributed by atoms with Gasteiger partial charge in [-0.15, -0.1) is 0 Å². The summed E-state index contributed by atoms with van der Waals surface area (Å²) < 4.78 is 0. The molecule has 1 atom stereocenters. The Morgan fingerprint density at radius 2 is 1.77 bits per heavy atom. The van der Waals surface area contributed by atoms with E-state index in [-0.39, 0.29) is 0 Å². The van der Waals surface area contributed by atoms with Crippen molar-refractivity contribution < 1.29 is 5.11 Å². The van der Waals surface area contributed by atoms with Crippen molar-refractivity contribution >= 4 is 0 Å². The van der Waals surface area contributed by atoms with Crippen LogP contribution in [0, 0.1) is 6.92 Å². The summed E-state index contributed by atoms with van der Waals surface area (Å²) in [6.07, 6.45) is 4.59. The van der Waals surface area contributed by atoms with Crippen molar-refractivity contribution in [1.29, 1.82) is 0 Å². The van der Waals surface area contributed by atoms with Crippen LogP contribution in [0.2, 0.25) is 0 Å². The molecule has 2 heteroatoms. The monoisotopic (exact) mass is 295 g/mol. The lowest BCUT2D eigenvalue weighted by molar-refractivity contribution is 0.233. The van der Waals surface area contributed by atoms with E-state index in [1.165, 1.54) is 37.1 Å². The number of aryl methyl sites for hydroxylation is 2. The summed E-state index contributed by atoms with van der Waals surface area (Å²) in [7, 11) is 0. The van der Waals surface area contributed by atoms with Crippen molar-refractivity contribution in [2.45, 2.75) is 38.6 Å². The number of likely N-dealkylation sites (tertiary alicyclic amines) is 1. The average Bonchev–Trinajstić information content (AvgIpc) is 3.06. The highest BCUT2D eigenvalue weighted by atomic mass is 16.3. The van der Waals surface area contributed by atoms with Crippen LogP contribution in [-0.4, -0.2) is 23.1 Å². The summed E-state index contributed by atoms with van der Waals surface area (Å²) in [5.74, 6) is 0.429. The number of rotatable bonds is 5. The molecule has 1 N–H and O–H groups in total. The van der Waals surface area contributed by atoms with E-state index in [1.54, 1.807) is 0 Å². The molecular formula is C20H25NO. The molecule has 0 saturated carbocycles. The normalized spacial score (nSPS) is 16.8. The van der Waals surface area contributed by atoms with Crippen LogP contribution in [0.15, 0.2) is 48.5 Å². The van der Waals surface area contributed by atoms with Crippen molar-refractivity contribution in [2.24, 2.45) is 0 Å². The van der Waals surface area contributed by atoms with Crippen LogP contribution in [0.1, 0.15) is 42.0 Å². The van der Waals surface area contributed by atoms with E-state index in [2.05, 4.69) is 48.2 Å². The molecule has 0 spiro atoms. The maximum absolute atomic E-state index is 10.1. The zero-order chi connectivity index (χ0) is 15.4. The maximum Gasteiger partial charge on any atom is 0.118 e. The van der Waals surface area contributed by atoms with Gasteiger partial charge in [0.25, 0.3) is 0 Å². The largest absolute Gasteiger partial charge is 0.508 e. The minimum atomic E-state index is 0.429. The first-order valence-electron chi connectivity index (χ1n) is 8.31. The van der Waals surface area contributed by atoms with Crippen molar-refractivity contribution in [3.8, 4) is 5.75 Å². The second-order valence-electron chi connectivity index (χ2n) is 6.34. The summed E-state index contributed by atoms with van der Waals surface area (Å²) in [6.45, 7) is 4.47. The Kier molecular flexibility index (Phi) is 4.79. The van der Waals surface area contributed by atoms with Crippen LogP contribution >= 0.6 is 0 Å². The first-order valence-corrected chi connectivity index (χ1v) is 8.31. The van der Waals surface area contributed by atoms with E-state index in [0.29, 0.717) is 11.8 Å². The fourth-order valence-electron chi connectivity index (χ4n) is 3.50. The summed E-state index contributed by atoms with van der Waals surface area (Å²) >= 11 is 0. The molecule has 0 aromatic heterocycles. The lowest BCUT2D eigenvalue weighted by Gasteiger charge is -2.28. The molecule has 3 rings (SSSR count). The summed E-state index contributed by atoms with van der Waals surface area (Å²) in [6, 6.07) is 17.2. The molecule has 1 unspecified atom stereocenters. The van der Waals surface area contributed by atoms with E-state index in [0.717, 1.165) is 18.4 Å². The van der Waals surface area contributed by atoms with Crippen LogP contribution in [0.3, 0.4) is 0 Å². The molecule has 22 heavy (non-hydrogen) atoms. The van der Waals surface area contributed by atoms with Crippen LogP contribution < -0.4 is 0 Å². The third-order valence-electron chi connectivity index (χ3n) is 4.69. The quantitative estimate of drug-likeness (QED) is 0.879. The Morgan fingerprint density at radius 3 is 2.50 bits per heavy atom. The minimum Gasteiger partial charge on any atom is -0.508 e. The van der Waals surface area contributed by atoms with Gasteiger partial charge in [0.15, 0.2) is 0 Å². The van der Waals surface area contributed by atoms with Gasteiger partial charge in [0, 0.05) is 6.04 Å². The van der Waals surface area contributed by atoms with Gasteiger partial charge in [0.05, 0.1) is 0 Å². The summed E-state index contributed by atoms with van der Waals surface area (Å²) in [5.41, 5.74) is 3.68. The Morgan fingerprint density at radius 1 is 1.05 bits per heavy atom. The maximum atomic E-state index is 10.1. The number of hydrogen-bond acceptors (Lipinski definition) is 2. The number of phenolic OH excluding ortho intramolecular Hbond substituents is 1. The number of aromatic hydroxyl groups is 1. The fraction of sp³-hybridized carbons (Fsp3) is 0.400. The molecule has 2 aromatic rings. The highest BCUT2D eigenvalue weighted by Crippen LogP contribution is 2.31. The predicted molar refractivity (Wildman–Crippen MR) is 91.2 cm³/mol. The number of phenols is 1. The molecule has 1 saturated heterocycles. The third kappa shape index (κ3) is 3.50. The van der Waals surface area contributed by atoms with Gasteiger partial charge >= 0.3 is 0 Å². The first-order chi connectivity index (χ1) is 10.7. The molecular weight excluding hydrogens is 270 g/mol. The van der Waals surface area contributed by atoms with Gasteiger partial charge in [0.1, 0.15) is 5.75 Å². The van der Waals surface area contributed by atoms with Gasteiger partial charge < -0.3 is 5.11 Å². The molecule has 1 heterocycles. The van der Waals surface area contributed by atoms with Gasteiger partial charge in [0.2, 0.25) is 0 Å². The second-order valence-corrected chi connectivity index (χ2v) is 6.34. The predicted octanol–water partition coefficient (Wildman–Crippen LogP) is 4.47. The number of benzene rings is 2. The highest BCUT2D eigenvalue weighted by Gasteiger charge is 2.23. The van der Waals surface area contributed by atoms with E-state index in [4.69, 9.17) is 0 Å². The first kappa shape index (κ1) is 15.1. The van der Waals surface area contributed by atoms with Crippen LogP contribution in [0.25, 0.3) is 0 Å². The SMILES string of the molecule is Cc1ccc(O)c(CCC(c2ccccc2)N2CCCC2)c1. The van der Waals surface area contributed by atoms with E-state index < -0.39 is 0 Å². The highest BCUT2D eigenvalue weighted by molar-refractivity contribution is 5.36. The number of hydrogen-bond donors (Lipinski definition) is 1. The molecule has 0 bridgehead atoms. The Labute approximate surface area is 133 Å². The fourth-order valence-corrected chi connectivity index (χ4v) is 3.50. The Balaban J connectivity index is 1.77. The number of nitrogens with zero attached hydrogens (tertiary/aromatic N) is 1. The van der Waals surface area contributed by atoms with Crippen LogP contribution in [0.5, 0.6) is 5.75 Å². The standard InChI is InChI=1S/C20H25NO/c1-16-9-12-20(22)18(15-16)10-11-19(21-13-5-6-14-21)17-7-3-2-4-8-17/h2-4,7-9,12,15,19,22H,5-6,10-11,13-14H2,1H3. The summed E-state index contributed by atoms with van der Waals surface area (Å²) in [5, 5.41) is 10.1. The van der Waals surface area contributed by atoms with E-state index in [9.17, 15) is 5.11 Å². The van der Waals surface area contributed by atoms with Gasteiger partial charge in [-0.25, -0.2) is 0 Å². The van der Waals surface area contributed by atoms with Crippen LogP contribution in [0.4, 0.5) is 0 Å². The van der Waals surface area contributed by atoms with E-state index >= 15 is 0 Å². The lowest BCUT2D eigenvalue weighted by Crippen LogP contribution is -2.26. The van der Waals surface area contributed by atoms with Crippen LogP contribution in [-0.2, 0) is 6.42 Å². The molecule has 1 aliphatic heterocycles. The van der Waals surface area contributed by atoms with Crippen molar-refractivity contribution in [2.75, 3.05) is 13.1 Å². The van der Waals surface area contributed by atoms with Crippen molar-refractivity contribution in [3.63, 3.8) is 0 Å². The molecule has 2 aromatic carbocycles. The smallest absolute Gasteiger partial charge is 0.118 e. The molecule has 1 aliphatic rings. The molecule has 116 valence electrons. The molecule has 0 aliphatic carbocycles. The molecule has 2 nitrogen and oxygen atoms in total. The lowest BCUT2D eigenvalue weighted by atomic mass is 9.96. The van der Waals surface area contributed by atoms with Crippen molar-refractivity contribution in [1.82, 2.24) is 4.90 Å². The molecule has 0 radical (unpaired) electrons. The van der Waals surface area contributed by atoms with Gasteiger partial charge in [-0.1, -0.05) is 48.0 Å². The van der Waals surface area contributed by atoms with E-state index in [1.807, 2.05) is 12.1 Å². The zero-order valence-electron chi connectivity index (χ0n) is 13.3. The Bertz CT molecular complexity index is 602. The van der Waals surface area contributed by atoms with Gasteiger partial charge in [-0.3, -0.25) is 4.90 Å². The van der Waals surface area contributed by atoms with Crippen molar-refractivity contribution in [3.05, 3.63) is 65.2 Å². The molecule has 0 amide bonds. The third-order valence-corrected chi connectivity index (χ3v) is 4.69. The van der Waals surface area contributed by atoms with Gasteiger partial charge in [-0.05, 0) is 62.9 Å². The summed E-state index contributed by atoms with van der Waals surface area (Å²) in [4.78, 5) is 2.60. The second kappa shape index (κ2) is 6.97. The zero-order valence-corrected chi connectivity index (χ0v) is 13.3.